The molecule has 0 fully saturated rings. The van der Waals surface area contributed by atoms with Gasteiger partial charge in [0.25, 0.3) is 0 Å². The Labute approximate surface area is 175 Å². The van der Waals surface area contributed by atoms with Gasteiger partial charge in [0.2, 0.25) is 0 Å². The summed E-state index contributed by atoms with van der Waals surface area (Å²) in [7, 11) is 3.02. The minimum absolute atomic E-state index is 0.294. The number of aryl methyl sites for hydroxylation is 2. The Kier molecular flexibility index (Phi) is 6.37. The molecule has 0 aliphatic rings. The fourth-order valence-electron chi connectivity index (χ4n) is 2.78. The Balaban J connectivity index is 1.71. The lowest BCUT2D eigenvalue weighted by molar-refractivity contribution is 0.0715. The van der Waals surface area contributed by atoms with E-state index < -0.39 is 11.9 Å². The van der Waals surface area contributed by atoms with Gasteiger partial charge in [-0.15, -0.1) is 0 Å². The zero-order valence-electron chi connectivity index (χ0n) is 17.2. The highest BCUT2D eigenvalue weighted by Crippen LogP contribution is 2.29. The Bertz CT molecular complexity index is 983. The number of hydrogen-bond acceptors (Lipinski definition) is 6. The first kappa shape index (κ1) is 20.9. The molecule has 3 aromatic rings. The van der Waals surface area contributed by atoms with E-state index in [9.17, 15) is 9.59 Å². The van der Waals surface area contributed by atoms with E-state index in [0.717, 1.165) is 11.1 Å². The van der Waals surface area contributed by atoms with Crippen molar-refractivity contribution in [2.45, 2.75) is 13.8 Å². The molecule has 30 heavy (non-hydrogen) atoms. The molecule has 6 heteroatoms. The second kappa shape index (κ2) is 9.13. The number of carbonyl (C=O) groups is 2. The van der Waals surface area contributed by atoms with Gasteiger partial charge < -0.3 is 18.9 Å². The van der Waals surface area contributed by atoms with Gasteiger partial charge in [-0.25, -0.2) is 9.59 Å². The number of rotatable bonds is 6. The van der Waals surface area contributed by atoms with Crippen molar-refractivity contribution >= 4 is 11.9 Å². The molecule has 0 radical (unpaired) electrons. The Morgan fingerprint density at radius 3 is 1.27 bits per heavy atom. The minimum Gasteiger partial charge on any atom is -0.493 e. The number of carbonyl (C=O) groups excluding carboxylic acids is 2. The Morgan fingerprint density at radius 2 is 0.933 bits per heavy atom. The molecule has 0 N–H and O–H groups in total. The summed E-state index contributed by atoms with van der Waals surface area (Å²) in [4.78, 5) is 24.9. The summed E-state index contributed by atoms with van der Waals surface area (Å²) < 4.78 is 21.3. The molecule has 0 bridgehead atoms. The minimum atomic E-state index is -0.558. The quantitative estimate of drug-likeness (QED) is 0.434. The first-order chi connectivity index (χ1) is 14.4. The Morgan fingerprint density at radius 1 is 0.567 bits per heavy atom. The normalized spacial score (nSPS) is 10.3. The number of hydrogen-bond donors (Lipinski definition) is 0. The summed E-state index contributed by atoms with van der Waals surface area (Å²) in [5.74, 6) is 0.465. The maximum Gasteiger partial charge on any atom is 0.343 e. The monoisotopic (exact) mass is 406 g/mol. The van der Waals surface area contributed by atoms with Crippen molar-refractivity contribution in [3.63, 3.8) is 0 Å². The first-order valence-electron chi connectivity index (χ1n) is 9.25. The molecule has 0 amide bonds. The molecule has 154 valence electrons. The summed E-state index contributed by atoms with van der Waals surface area (Å²) in [6.07, 6.45) is 0. The second-order valence-electron chi connectivity index (χ2n) is 6.67. The van der Waals surface area contributed by atoms with E-state index in [1.165, 1.54) is 38.5 Å². The maximum atomic E-state index is 12.4. The van der Waals surface area contributed by atoms with Gasteiger partial charge in [0.1, 0.15) is 0 Å². The third-order valence-electron chi connectivity index (χ3n) is 4.40. The van der Waals surface area contributed by atoms with Gasteiger partial charge in [0, 0.05) is 0 Å². The van der Waals surface area contributed by atoms with Gasteiger partial charge in [-0.1, -0.05) is 12.1 Å². The van der Waals surface area contributed by atoms with Crippen LogP contribution in [-0.4, -0.2) is 26.2 Å². The van der Waals surface area contributed by atoms with Crippen molar-refractivity contribution < 1.29 is 28.5 Å². The average Bonchev–Trinajstić information content (AvgIpc) is 2.76. The first-order valence-corrected chi connectivity index (χ1v) is 9.25. The third kappa shape index (κ3) is 4.78. The molecule has 0 unspecified atom stereocenters. The van der Waals surface area contributed by atoms with Crippen molar-refractivity contribution in [2.75, 3.05) is 14.2 Å². The van der Waals surface area contributed by atoms with Crippen LogP contribution in [0.25, 0.3) is 0 Å². The lowest BCUT2D eigenvalue weighted by Crippen LogP contribution is -2.12. The van der Waals surface area contributed by atoms with Crippen molar-refractivity contribution in [3.8, 4) is 23.0 Å². The van der Waals surface area contributed by atoms with Gasteiger partial charge in [-0.3, -0.25) is 0 Å². The molecular weight excluding hydrogens is 384 g/mol. The van der Waals surface area contributed by atoms with Crippen molar-refractivity contribution in [1.82, 2.24) is 0 Å². The summed E-state index contributed by atoms with van der Waals surface area (Å²) in [5.41, 5.74) is 2.56. The van der Waals surface area contributed by atoms with Gasteiger partial charge in [-0.05, 0) is 73.5 Å². The van der Waals surface area contributed by atoms with Crippen LogP contribution in [-0.2, 0) is 0 Å². The third-order valence-corrected chi connectivity index (χ3v) is 4.40. The van der Waals surface area contributed by atoms with Crippen molar-refractivity contribution in [2.24, 2.45) is 0 Å². The predicted molar refractivity (Wildman–Crippen MR) is 112 cm³/mol. The fraction of sp³-hybridized carbons (Fsp3) is 0.167. The van der Waals surface area contributed by atoms with E-state index in [4.69, 9.17) is 18.9 Å². The van der Waals surface area contributed by atoms with Gasteiger partial charge in [-0.2, -0.15) is 0 Å². The standard InChI is InChI=1S/C24H22O6/c1-15-5-11-19(21(13-15)27-3)29-23(25)17-7-9-18(10-8-17)24(26)30-20-12-6-16(2)14-22(20)28-4/h5-14H,1-4H3. The summed E-state index contributed by atoms with van der Waals surface area (Å²) in [6.45, 7) is 3.83. The van der Waals surface area contributed by atoms with Gasteiger partial charge in [0.15, 0.2) is 23.0 Å². The smallest absolute Gasteiger partial charge is 0.343 e. The molecule has 0 heterocycles. The zero-order chi connectivity index (χ0) is 21.7. The molecule has 3 aromatic carbocycles. The fourth-order valence-corrected chi connectivity index (χ4v) is 2.78. The van der Waals surface area contributed by atoms with Crippen LogP contribution in [0.1, 0.15) is 31.8 Å². The average molecular weight is 406 g/mol. The predicted octanol–water partition coefficient (Wildman–Crippen LogP) is 4.76. The molecule has 0 spiro atoms. The number of methoxy groups -OCH3 is 2. The highest BCUT2D eigenvalue weighted by molar-refractivity contribution is 5.95. The van der Waals surface area contributed by atoms with E-state index in [-0.39, 0.29) is 0 Å². The molecule has 0 aliphatic carbocycles. The van der Waals surface area contributed by atoms with Crippen molar-refractivity contribution in [1.29, 1.82) is 0 Å². The topological polar surface area (TPSA) is 71.1 Å². The molecule has 0 saturated carbocycles. The summed E-state index contributed by atoms with van der Waals surface area (Å²) >= 11 is 0. The lowest BCUT2D eigenvalue weighted by Gasteiger charge is -2.11. The van der Waals surface area contributed by atoms with Gasteiger partial charge >= 0.3 is 11.9 Å². The highest BCUT2D eigenvalue weighted by Gasteiger charge is 2.16. The van der Waals surface area contributed by atoms with E-state index >= 15 is 0 Å². The summed E-state index contributed by atoms with van der Waals surface area (Å²) in [6, 6.07) is 16.6. The number of benzene rings is 3. The molecule has 0 saturated heterocycles. The Hall–Kier alpha value is -3.80. The van der Waals surface area contributed by atoms with Gasteiger partial charge in [0.05, 0.1) is 25.3 Å². The van der Waals surface area contributed by atoms with Crippen LogP contribution in [0.5, 0.6) is 23.0 Å². The van der Waals surface area contributed by atoms with Crippen LogP contribution in [0.4, 0.5) is 0 Å². The molecule has 6 nitrogen and oxygen atoms in total. The largest absolute Gasteiger partial charge is 0.493 e. The zero-order valence-corrected chi connectivity index (χ0v) is 17.2. The van der Waals surface area contributed by atoms with Crippen LogP contribution >= 0.6 is 0 Å². The van der Waals surface area contributed by atoms with Crippen LogP contribution in [0.3, 0.4) is 0 Å². The molecule has 3 rings (SSSR count). The van der Waals surface area contributed by atoms with Crippen LogP contribution in [0.15, 0.2) is 60.7 Å². The van der Waals surface area contributed by atoms with E-state index in [2.05, 4.69) is 0 Å². The lowest BCUT2D eigenvalue weighted by atomic mass is 10.1. The molecule has 0 aromatic heterocycles. The summed E-state index contributed by atoms with van der Waals surface area (Å²) in [5, 5.41) is 0. The van der Waals surface area contributed by atoms with Crippen LogP contribution in [0, 0.1) is 13.8 Å². The second-order valence-corrected chi connectivity index (χ2v) is 6.67. The molecular formula is C24H22O6. The van der Waals surface area contributed by atoms with Crippen LogP contribution < -0.4 is 18.9 Å². The maximum absolute atomic E-state index is 12.4. The van der Waals surface area contributed by atoms with Crippen molar-refractivity contribution in [3.05, 3.63) is 82.9 Å². The van der Waals surface area contributed by atoms with E-state index in [1.54, 1.807) is 24.3 Å². The molecule has 0 atom stereocenters. The van der Waals surface area contributed by atoms with E-state index in [1.807, 2.05) is 26.0 Å². The van der Waals surface area contributed by atoms with E-state index in [0.29, 0.717) is 34.1 Å². The van der Waals surface area contributed by atoms with Crippen LogP contribution in [0.2, 0.25) is 0 Å². The number of esters is 2. The molecule has 0 aliphatic heterocycles. The SMILES string of the molecule is COc1cc(C)ccc1OC(=O)c1ccc(C(=O)Oc2ccc(C)cc2OC)cc1. The highest BCUT2D eigenvalue weighted by atomic mass is 16.6. The number of ether oxygens (including phenoxy) is 4.